The summed E-state index contributed by atoms with van der Waals surface area (Å²) in [7, 11) is 1.38. The Hall–Kier alpha value is -2.84. The Labute approximate surface area is 132 Å². The van der Waals surface area contributed by atoms with Crippen molar-refractivity contribution in [3.8, 4) is 5.75 Å². The molecule has 1 aliphatic heterocycles. The van der Waals surface area contributed by atoms with Crippen molar-refractivity contribution in [3.05, 3.63) is 33.9 Å². The summed E-state index contributed by atoms with van der Waals surface area (Å²) in [5, 5.41) is 22.8. The maximum Gasteiger partial charge on any atom is 0.407 e. The van der Waals surface area contributed by atoms with Crippen molar-refractivity contribution in [2.45, 2.75) is 18.9 Å². The quantitative estimate of drug-likeness (QED) is 0.639. The molecule has 2 N–H and O–H groups in total. The lowest BCUT2D eigenvalue weighted by Crippen LogP contribution is -2.49. The molecule has 0 bridgehead atoms. The van der Waals surface area contributed by atoms with E-state index >= 15 is 0 Å². The van der Waals surface area contributed by atoms with Crippen molar-refractivity contribution >= 4 is 17.7 Å². The van der Waals surface area contributed by atoms with Gasteiger partial charge in [-0.25, -0.2) is 4.79 Å². The van der Waals surface area contributed by atoms with Gasteiger partial charge in [-0.3, -0.25) is 14.9 Å². The number of likely N-dealkylation sites (tertiary alicyclic amines) is 1. The number of carbonyl (C=O) groups is 2. The zero-order chi connectivity index (χ0) is 17.0. The Morgan fingerprint density at radius 3 is 2.83 bits per heavy atom. The van der Waals surface area contributed by atoms with Crippen molar-refractivity contribution in [1.29, 1.82) is 0 Å². The predicted octanol–water partition coefficient (Wildman–Crippen LogP) is 1.48. The molecule has 1 unspecified atom stereocenters. The zero-order valence-electron chi connectivity index (χ0n) is 12.5. The molecule has 0 radical (unpaired) electrons. The number of hydrogen-bond donors (Lipinski definition) is 2. The van der Waals surface area contributed by atoms with Gasteiger partial charge in [-0.2, -0.15) is 0 Å². The number of nitrogens with one attached hydrogen (secondary N) is 1. The van der Waals surface area contributed by atoms with Crippen LogP contribution < -0.4 is 10.1 Å². The third-order valence-electron chi connectivity index (χ3n) is 3.67. The number of benzene rings is 1. The van der Waals surface area contributed by atoms with Gasteiger partial charge >= 0.3 is 6.09 Å². The van der Waals surface area contributed by atoms with Crippen molar-refractivity contribution in [2.75, 3.05) is 20.2 Å². The van der Waals surface area contributed by atoms with Crippen molar-refractivity contribution in [3.63, 3.8) is 0 Å². The Bertz CT molecular complexity index is 633. The SMILES string of the molecule is COc1ccc(C(=O)NC2CCCN(C(=O)O)C2)c([N+](=O)[O-])c1. The Kier molecular flexibility index (Phi) is 4.99. The number of amides is 2. The number of carbonyl (C=O) groups excluding carboxylic acids is 1. The lowest BCUT2D eigenvalue weighted by molar-refractivity contribution is -0.385. The maximum atomic E-state index is 12.3. The zero-order valence-corrected chi connectivity index (χ0v) is 12.5. The van der Waals surface area contributed by atoms with Crippen LogP contribution in [0.15, 0.2) is 18.2 Å². The van der Waals surface area contributed by atoms with Crippen LogP contribution >= 0.6 is 0 Å². The highest BCUT2D eigenvalue weighted by Crippen LogP contribution is 2.25. The van der Waals surface area contributed by atoms with Gasteiger partial charge in [0, 0.05) is 19.1 Å². The average Bonchev–Trinajstić information content (AvgIpc) is 2.54. The van der Waals surface area contributed by atoms with Gasteiger partial charge in [0.25, 0.3) is 11.6 Å². The van der Waals surface area contributed by atoms with Gasteiger partial charge in [-0.15, -0.1) is 0 Å². The van der Waals surface area contributed by atoms with Crippen LogP contribution in [-0.4, -0.2) is 53.2 Å². The molecule has 1 aliphatic rings. The number of ether oxygens (including phenoxy) is 1. The minimum atomic E-state index is -1.04. The number of nitro benzene ring substituents is 1. The molecule has 0 aliphatic carbocycles. The van der Waals surface area contributed by atoms with E-state index in [2.05, 4.69) is 5.32 Å². The third-order valence-corrected chi connectivity index (χ3v) is 3.67. The van der Waals surface area contributed by atoms with E-state index in [0.29, 0.717) is 19.4 Å². The molecular weight excluding hydrogens is 306 g/mol. The van der Waals surface area contributed by atoms with Crippen LogP contribution in [-0.2, 0) is 0 Å². The number of piperidine rings is 1. The topological polar surface area (TPSA) is 122 Å². The third kappa shape index (κ3) is 3.87. The summed E-state index contributed by atoms with van der Waals surface area (Å²) in [6.07, 6.45) is 0.209. The van der Waals surface area contributed by atoms with Gasteiger partial charge in [-0.05, 0) is 25.0 Å². The number of nitro groups is 1. The molecule has 1 fully saturated rings. The van der Waals surface area contributed by atoms with E-state index in [0.717, 1.165) is 0 Å². The van der Waals surface area contributed by atoms with Gasteiger partial charge in [0.2, 0.25) is 0 Å². The first-order valence-electron chi connectivity index (χ1n) is 7.03. The fraction of sp³-hybridized carbons (Fsp3) is 0.429. The monoisotopic (exact) mass is 323 g/mol. The Morgan fingerprint density at radius 2 is 2.22 bits per heavy atom. The summed E-state index contributed by atoms with van der Waals surface area (Å²) in [6.45, 7) is 0.593. The summed E-state index contributed by atoms with van der Waals surface area (Å²) in [4.78, 5) is 35.0. The standard InChI is InChI=1S/C14H17N3O6/c1-23-10-4-5-11(12(7-10)17(21)22)13(18)15-9-3-2-6-16(8-9)14(19)20/h4-5,7,9H,2-3,6,8H2,1H3,(H,15,18)(H,19,20). The first-order valence-corrected chi connectivity index (χ1v) is 7.03. The number of hydrogen-bond acceptors (Lipinski definition) is 5. The van der Waals surface area contributed by atoms with Gasteiger partial charge in [0.05, 0.1) is 18.1 Å². The van der Waals surface area contributed by atoms with Crippen LogP contribution in [0.5, 0.6) is 5.75 Å². The molecule has 2 amide bonds. The van der Waals surface area contributed by atoms with E-state index in [9.17, 15) is 19.7 Å². The minimum absolute atomic E-state index is 0.0803. The van der Waals surface area contributed by atoms with Gasteiger partial charge in [0.1, 0.15) is 11.3 Å². The van der Waals surface area contributed by atoms with Crippen LogP contribution in [0, 0.1) is 10.1 Å². The fourth-order valence-electron chi connectivity index (χ4n) is 2.51. The number of nitrogens with zero attached hydrogens (tertiary/aromatic N) is 2. The predicted molar refractivity (Wildman–Crippen MR) is 79.7 cm³/mol. The minimum Gasteiger partial charge on any atom is -0.497 e. The van der Waals surface area contributed by atoms with E-state index in [1.54, 1.807) is 0 Å². The Morgan fingerprint density at radius 1 is 1.48 bits per heavy atom. The average molecular weight is 323 g/mol. The molecule has 1 saturated heterocycles. The second kappa shape index (κ2) is 6.95. The first kappa shape index (κ1) is 16.5. The molecule has 124 valence electrons. The fourth-order valence-corrected chi connectivity index (χ4v) is 2.51. The van der Waals surface area contributed by atoms with Crippen LogP contribution in [0.25, 0.3) is 0 Å². The van der Waals surface area contributed by atoms with E-state index in [-0.39, 0.29) is 29.6 Å². The number of rotatable bonds is 4. The molecule has 1 atom stereocenters. The second-order valence-electron chi connectivity index (χ2n) is 5.18. The van der Waals surface area contributed by atoms with Crippen molar-refractivity contribution in [2.24, 2.45) is 0 Å². The van der Waals surface area contributed by atoms with Gasteiger partial charge in [0.15, 0.2) is 0 Å². The Balaban J connectivity index is 2.14. The molecule has 0 spiro atoms. The molecule has 23 heavy (non-hydrogen) atoms. The molecule has 0 aromatic heterocycles. The summed E-state index contributed by atoms with van der Waals surface area (Å²) < 4.78 is 4.92. The highest BCUT2D eigenvalue weighted by molar-refractivity contribution is 5.98. The number of carboxylic acid groups (broad SMARTS) is 1. The normalized spacial score (nSPS) is 17.4. The molecule has 0 saturated carbocycles. The van der Waals surface area contributed by atoms with E-state index in [4.69, 9.17) is 9.84 Å². The largest absolute Gasteiger partial charge is 0.497 e. The molecule has 1 aromatic rings. The molecular formula is C14H17N3O6. The number of methoxy groups -OCH3 is 1. The lowest BCUT2D eigenvalue weighted by atomic mass is 10.0. The van der Waals surface area contributed by atoms with Crippen molar-refractivity contribution in [1.82, 2.24) is 10.2 Å². The van der Waals surface area contributed by atoms with Gasteiger partial charge < -0.3 is 20.1 Å². The van der Waals surface area contributed by atoms with E-state index in [1.165, 1.54) is 30.2 Å². The molecule has 1 heterocycles. The lowest BCUT2D eigenvalue weighted by Gasteiger charge is -2.31. The van der Waals surface area contributed by atoms with Crippen LogP contribution in [0.1, 0.15) is 23.2 Å². The second-order valence-corrected chi connectivity index (χ2v) is 5.18. The van der Waals surface area contributed by atoms with Crippen molar-refractivity contribution < 1.29 is 24.4 Å². The smallest absolute Gasteiger partial charge is 0.407 e. The van der Waals surface area contributed by atoms with E-state index in [1.807, 2.05) is 0 Å². The van der Waals surface area contributed by atoms with Crippen LogP contribution in [0.3, 0.4) is 0 Å². The summed E-state index contributed by atoms with van der Waals surface area (Å²) in [6, 6.07) is 3.60. The van der Waals surface area contributed by atoms with Crippen LogP contribution in [0.4, 0.5) is 10.5 Å². The molecule has 1 aromatic carbocycles. The van der Waals surface area contributed by atoms with Crippen LogP contribution in [0.2, 0.25) is 0 Å². The summed E-state index contributed by atoms with van der Waals surface area (Å²) in [5.41, 5.74) is -0.434. The molecule has 9 heteroatoms. The van der Waals surface area contributed by atoms with Gasteiger partial charge in [-0.1, -0.05) is 0 Å². The summed E-state index contributed by atoms with van der Waals surface area (Å²) in [5.74, 6) is -0.320. The summed E-state index contributed by atoms with van der Waals surface area (Å²) >= 11 is 0. The molecule has 9 nitrogen and oxygen atoms in total. The van der Waals surface area contributed by atoms with E-state index < -0.39 is 16.9 Å². The highest BCUT2D eigenvalue weighted by Gasteiger charge is 2.27. The highest BCUT2D eigenvalue weighted by atomic mass is 16.6. The molecule has 2 rings (SSSR count). The first-order chi connectivity index (χ1) is 10.9. The maximum absolute atomic E-state index is 12.3.